The highest BCUT2D eigenvalue weighted by Crippen LogP contribution is 2.26. The van der Waals surface area contributed by atoms with Crippen LogP contribution in [0.15, 0.2) is 12.7 Å². The molecule has 1 heterocycles. The number of carbonyl (C=O) groups is 1. The van der Waals surface area contributed by atoms with Gasteiger partial charge in [-0.25, -0.2) is 0 Å². The summed E-state index contributed by atoms with van der Waals surface area (Å²) in [7, 11) is 1.65. The molecule has 0 aliphatic carbocycles. The van der Waals surface area contributed by atoms with Crippen LogP contribution in [0.3, 0.4) is 0 Å². The van der Waals surface area contributed by atoms with E-state index in [0.717, 1.165) is 51.4 Å². The number of rotatable bonds is 14. The zero-order valence-electron chi connectivity index (χ0n) is 17.1. The third-order valence-corrected chi connectivity index (χ3v) is 4.82. The van der Waals surface area contributed by atoms with Crippen molar-refractivity contribution in [2.24, 2.45) is 5.92 Å². The van der Waals surface area contributed by atoms with Gasteiger partial charge in [0.15, 0.2) is 0 Å². The Bertz CT molecular complexity index is 529. The Morgan fingerprint density at radius 1 is 1.04 bits per heavy atom. The molecule has 3 nitrogen and oxygen atoms in total. The first kappa shape index (κ1) is 23.3. The summed E-state index contributed by atoms with van der Waals surface area (Å²) in [6.45, 7) is 4.23. The van der Waals surface area contributed by atoms with Gasteiger partial charge in [-0.1, -0.05) is 50.0 Å². The van der Waals surface area contributed by atoms with Crippen LogP contribution in [-0.2, 0) is 14.3 Å². The van der Waals surface area contributed by atoms with Crippen LogP contribution in [0.25, 0.3) is 0 Å². The molecule has 0 radical (unpaired) electrons. The number of methoxy groups -OCH3 is 1. The zero-order chi connectivity index (χ0) is 19.6. The third kappa shape index (κ3) is 12.3. The van der Waals surface area contributed by atoms with Crippen molar-refractivity contribution in [2.45, 2.75) is 89.6 Å². The maximum Gasteiger partial charge on any atom is 0.309 e. The standard InChI is InChI=1S/C24H36O3/c1-3-4-5-6-7-8-9-10-11-12-13-14-15-16-17-18-19-22-20-23(21-26-2)27-24(22)25/h3,22-23H,1,4-7,12-21H2,2H3/t22-,23+/m1/s1. The zero-order valence-corrected chi connectivity index (χ0v) is 17.1. The van der Waals surface area contributed by atoms with Crippen LogP contribution in [0.2, 0.25) is 0 Å². The molecular weight excluding hydrogens is 336 g/mol. The highest BCUT2D eigenvalue weighted by atomic mass is 16.6. The van der Waals surface area contributed by atoms with E-state index in [1.54, 1.807) is 7.11 Å². The van der Waals surface area contributed by atoms with Crippen LogP contribution in [-0.4, -0.2) is 25.8 Å². The molecule has 1 fully saturated rings. The summed E-state index contributed by atoms with van der Waals surface area (Å²) in [5, 5.41) is 0. The van der Waals surface area contributed by atoms with Gasteiger partial charge < -0.3 is 9.47 Å². The highest BCUT2D eigenvalue weighted by Gasteiger charge is 2.33. The first-order valence-electron chi connectivity index (χ1n) is 10.5. The van der Waals surface area contributed by atoms with Crippen LogP contribution in [0, 0.1) is 29.6 Å². The lowest BCUT2D eigenvalue weighted by Gasteiger charge is -2.06. The predicted molar refractivity (Wildman–Crippen MR) is 111 cm³/mol. The van der Waals surface area contributed by atoms with Gasteiger partial charge in [0.05, 0.1) is 12.5 Å². The Kier molecular flexibility index (Phi) is 14.2. The van der Waals surface area contributed by atoms with E-state index >= 15 is 0 Å². The van der Waals surface area contributed by atoms with Crippen LogP contribution in [0.1, 0.15) is 83.5 Å². The number of ether oxygens (including phenoxy) is 2. The van der Waals surface area contributed by atoms with Crippen LogP contribution >= 0.6 is 0 Å². The molecule has 1 aliphatic heterocycles. The van der Waals surface area contributed by atoms with E-state index in [2.05, 4.69) is 30.3 Å². The fourth-order valence-corrected chi connectivity index (χ4v) is 3.27. The Balaban J connectivity index is 1.90. The van der Waals surface area contributed by atoms with Gasteiger partial charge in [0.2, 0.25) is 0 Å². The van der Waals surface area contributed by atoms with Crippen molar-refractivity contribution in [1.82, 2.24) is 0 Å². The van der Waals surface area contributed by atoms with Crippen LogP contribution in [0.4, 0.5) is 0 Å². The summed E-state index contributed by atoms with van der Waals surface area (Å²) in [6, 6.07) is 0. The number of unbranched alkanes of at least 4 members (excludes halogenated alkanes) is 9. The van der Waals surface area contributed by atoms with E-state index in [-0.39, 0.29) is 18.0 Å². The molecule has 0 amide bonds. The average molecular weight is 373 g/mol. The average Bonchev–Trinajstić information content (AvgIpc) is 3.01. The Morgan fingerprint density at radius 3 is 2.33 bits per heavy atom. The number of carbonyl (C=O) groups excluding carboxylic acids is 1. The molecular formula is C24H36O3. The Hall–Kier alpha value is -1.71. The Morgan fingerprint density at radius 2 is 1.67 bits per heavy atom. The van der Waals surface area contributed by atoms with E-state index in [9.17, 15) is 4.79 Å². The molecule has 0 spiro atoms. The van der Waals surface area contributed by atoms with Gasteiger partial charge in [0.1, 0.15) is 6.10 Å². The lowest BCUT2D eigenvalue weighted by Crippen LogP contribution is -2.13. The summed E-state index contributed by atoms with van der Waals surface area (Å²) in [6.07, 6.45) is 16.1. The molecule has 0 aromatic carbocycles. The van der Waals surface area contributed by atoms with Gasteiger partial charge in [-0.15, -0.1) is 6.58 Å². The molecule has 0 aromatic heterocycles. The topological polar surface area (TPSA) is 35.5 Å². The van der Waals surface area contributed by atoms with Crippen molar-refractivity contribution < 1.29 is 14.3 Å². The summed E-state index contributed by atoms with van der Waals surface area (Å²) >= 11 is 0. The number of hydrogen-bond donors (Lipinski definition) is 0. The van der Waals surface area contributed by atoms with Crippen molar-refractivity contribution in [3.05, 3.63) is 12.7 Å². The molecule has 0 bridgehead atoms. The van der Waals surface area contributed by atoms with E-state index in [4.69, 9.17) is 9.47 Å². The van der Waals surface area contributed by atoms with Crippen LogP contribution < -0.4 is 0 Å². The second-order valence-corrected chi connectivity index (χ2v) is 7.24. The van der Waals surface area contributed by atoms with Gasteiger partial charge in [-0.05, 0) is 50.4 Å². The van der Waals surface area contributed by atoms with E-state index in [1.165, 1.54) is 32.1 Å². The molecule has 1 aliphatic rings. The van der Waals surface area contributed by atoms with Crippen molar-refractivity contribution in [3.8, 4) is 23.7 Å². The van der Waals surface area contributed by atoms with Crippen molar-refractivity contribution >= 4 is 5.97 Å². The third-order valence-electron chi connectivity index (χ3n) is 4.82. The minimum absolute atomic E-state index is 0.0319. The van der Waals surface area contributed by atoms with Crippen LogP contribution in [0.5, 0.6) is 0 Å². The monoisotopic (exact) mass is 372 g/mol. The highest BCUT2D eigenvalue weighted by molar-refractivity contribution is 5.74. The smallest absolute Gasteiger partial charge is 0.309 e. The minimum Gasteiger partial charge on any atom is -0.460 e. The molecule has 1 saturated heterocycles. The maximum atomic E-state index is 11.7. The predicted octanol–water partition coefficient (Wildman–Crippen LogP) is 5.44. The molecule has 2 atom stereocenters. The molecule has 150 valence electrons. The van der Waals surface area contributed by atoms with Crippen molar-refractivity contribution in [3.63, 3.8) is 0 Å². The van der Waals surface area contributed by atoms with Crippen molar-refractivity contribution in [1.29, 1.82) is 0 Å². The van der Waals surface area contributed by atoms with Gasteiger partial charge >= 0.3 is 5.97 Å². The van der Waals surface area contributed by atoms with Gasteiger partial charge in [-0.2, -0.15) is 0 Å². The number of cyclic esters (lactones) is 1. The first-order valence-corrected chi connectivity index (χ1v) is 10.5. The SMILES string of the molecule is C=CCCCCC#CC#CCCCCCCCC[C@@H]1C[C@@H](COC)OC1=O. The normalized spacial score (nSPS) is 18.2. The second kappa shape index (κ2) is 16.5. The lowest BCUT2D eigenvalue weighted by atomic mass is 9.97. The quantitative estimate of drug-likeness (QED) is 0.176. The minimum atomic E-state index is -0.0320. The van der Waals surface area contributed by atoms with Gasteiger partial charge in [-0.3, -0.25) is 4.79 Å². The molecule has 0 unspecified atom stereocenters. The summed E-state index contributed by atoms with van der Waals surface area (Å²) < 4.78 is 10.4. The largest absolute Gasteiger partial charge is 0.460 e. The Labute approximate surface area is 166 Å². The van der Waals surface area contributed by atoms with E-state index < -0.39 is 0 Å². The number of hydrogen-bond acceptors (Lipinski definition) is 3. The van der Waals surface area contributed by atoms with Gasteiger partial charge in [0, 0.05) is 20.0 Å². The van der Waals surface area contributed by atoms with Gasteiger partial charge in [0.25, 0.3) is 0 Å². The molecule has 0 aromatic rings. The number of allylic oxidation sites excluding steroid dienone is 1. The maximum absolute atomic E-state index is 11.7. The van der Waals surface area contributed by atoms with Crippen molar-refractivity contribution in [2.75, 3.05) is 13.7 Å². The number of esters is 1. The van der Waals surface area contributed by atoms with E-state index in [1.807, 2.05) is 6.08 Å². The second-order valence-electron chi connectivity index (χ2n) is 7.24. The molecule has 3 heteroatoms. The van der Waals surface area contributed by atoms with E-state index in [0.29, 0.717) is 6.61 Å². The molecule has 0 saturated carbocycles. The summed E-state index contributed by atoms with van der Waals surface area (Å²) in [5.41, 5.74) is 0. The molecule has 27 heavy (non-hydrogen) atoms. The fourth-order valence-electron chi connectivity index (χ4n) is 3.27. The molecule has 0 N–H and O–H groups in total. The molecule has 1 rings (SSSR count). The fraction of sp³-hybridized carbons (Fsp3) is 0.708. The summed E-state index contributed by atoms with van der Waals surface area (Å²) in [5.74, 6) is 12.2. The first-order chi connectivity index (χ1) is 13.3. The lowest BCUT2D eigenvalue weighted by molar-refractivity contribution is -0.145. The summed E-state index contributed by atoms with van der Waals surface area (Å²) in [4.78, 5) is 11.7.